The molecule has 0 bridgehead atoms. The van der Waals surface area contributed by atoms with Crippen molar-refractivity contribution in [1.82, 2.24) is 0 Å². The Bertz CT molecular complexity index is 109. The lowest BCUT2D eigenvalue weighted by molar-refractivity contribution is -0.151. The number of carbonyl (C=O) groups is 1. The SMILES string of the molecule is CCC(OC(C)=O)C(C)O. The van der Waals surface area contributed by atoms with E-state index in [0.717, 1.165) is 0 Å². The van der Waals surface area contributed by atoms with Gasteiger partial charge in [0.15, 0.2) is 0 Å². The summed E-state index contributed by atoms with van der Waals surface area (Å²) in [5, 5.41) is 8.98. The Kier molecular flexibility index (Phi) is 4.03. The van der Waals surface area contributed by atoms with E-state index in [0.29, 0.717) is 6.42 Å². The molecule has 0 heterocycles. The molecule has 0 spiro atoms. The fourth-order valence-corrected chi connectivity index (χ4v) is 0.736. The molecular formula is C7H14O3. The van der Waals surface area contributed by atoms with E-state index in [-0.39, 0.29) is 12.1 Å². The van der Waals surface area contributed by atoms with E-state index in [9.17, 15) is 4.79 Å². The Morgan fingerprint density at radius 1 is 1.70 bits per heavy atom. The van der Waals surface area contributed by atoms with E-state index >= 15 is 0 Å². The van der Waals surface area contributed by atoms with Crippen molar-refractivity contribution in [3.05, 3.63) is 0 Å². The summed E-state index contributed by atoms with van der Waals surface area (Å²) in [4.78, 5) is 10.4. The van der Waals surface area contributed by atoms with Gasteiger partial charge in [-0.25, -0.2) is 0 Å². The van der Waals surface area contributed by atoms with Crippen molar-refractivity contribution < 1.29 is 14.6 Å². The lowest BCUT2D eigenvalue weighted by Crippen LogP contribution is -2.27. The lowest BCUT2D eigenvalue weighted by atomic mass is 10.2. The molecule has 0 rings (SSSR count). The van der Waals surface area contributed by atoms with Gasteiger partial charge in [-0.1, -0.05) is 6.92 Å². The van der Waals surface area contributed by atoms with E-state index in [1.165, 1.54) is 6.92 Å². The molecule has 0 aromatic heterocycles. The topological polar surface area (TPSA) is 46.5 Å². The summed E-state index contributed by atoms with van der Waals surface area (Å²) in [7, 11) is 0. The van der Waals surface area contributed by atoms with Crippen LogP contribution in [0.25, 0.3) is 0 Å². The molecular weight excluding hydrogens is 132 g/mol. The van der Waals surface area contributed by atoms with Crippen LogP contribution in [0, 0.1) is 0 Å². The Balaban J connectivity index is 3.71. The van der Waals surface area contributed by atoms with Gasteiger partial charge in [0.25, 0.3) is 0 Å². The molecule has 10 heavy (non-hydrogen) atoms. The lowest BCUT2D eigenvalue weighted by Gasteiger charge is -2.17. The smallest absolute Gasteiger partial charge is 0.302 e. The summed E-state index contributed by atoms with van der Waals surface area (Å²) in [6.07, 6.45) is -0.275. The van der Waals surface area contributed by atoms with Crippen LogP contribution in [0.3, 0.4) is 0 Å². The van der Waals surface area contributed by atoms with Gasteiger partial charge in [0, 0.05) is 6.92 Å². The minimum Gasteiger partial charge on any atom is -0.460 e. The van der Waals surface area contributed by atoms with Crippen molar-refractivity contribution in [3.8, 4) is 0 Å². The number of rotatable bonds is 3. The third-order valence-corrected chi connectivity index (χ3v) is 1.26. The van der Waals surface area contributed by atoms with Gasteiger partial charge in [0.2, 0.25) is 0 Å². The molecule has 0 aromatic carbocycles. The van der Waals surface area contributed by atoms with E-state index in [1.807, 2.05) is 6.92 Å². The fourth-order valence-electron chi connectivity index (χ4n) is 0.736. The third kappa shape index (κ3) is 3.45. The second kappa shape index (κ2) is 4.28. The molecule has 2 unspecified atom stereocenters. The molecule has 0 radical (unpaired) electrons. The van der Waals surface area contributed by atoms with Crippen molar-refractivity contribution in [2.24, 2.45) is 0 Å². The average molecular weight is 146 g/mol. The predicted molar refractivity (Wildman–Crippen MR) is 37.5 cm³/mol. The summed E-state index contributed by atoms with van der Waals surface area (Å²) in [6.45, 7) is 4.81. The highest BCUT2D eigenvalue weighted by Gasteiger charge is 2.14. The van der Waals surface area contributed by atoms with Crippen molar-refractivity contribution in [2.75, 3.05) is 0 Å². The second-order valence-corrected chi connectivity index (χ2v) is 2.30. The van der Waals surface area contributed by atoms with Crippen LogP contribution in [0.5, 0.6) is 0 Å². The van der Waals surface area contributed by atoms with Gasteiger partial charge < -0.3 is 9.84 Å². The first-order chi connectivity index (χ1) is 4.57. The molecule has 60 valence electrons. The standard InChI is InChI=1S/C7H14O3/c1-4-7(5(2)8)10-6(3)9/h5,7-8H,4H2,1-3H3. The van der Waals surface area contributed by atoms with Crippen LogP contribution >= 0.6 is 0 Å². The highest BCUT2D eigenvalue weighted by Crippen LogP contribution is 2.03. The quantitative estimate of drug-likeness (QED) is 0.596. The summed E-state index contributed by atoms with van der Waals surface area (Å²) in [5.74, 6) is -0.340. The molecule has 2 atom stereocenters. The van der Waals surface area contributed by atoms with E-state index < -0.39 is 6.10 Å². The van der Waals surface area contributed by atoms with Crippen molar-refractivity contribution in [3.63, 3.8) is 0 Å². The number of ether oxygens (including phenoxy) is 1. The van der Waals surface area contributed by atoms with Gasteiger partial charge in [-0.3, -0.25) is 4.79 Å². The molecule has 3 heteroatoms. The van der Waals surface area contributed by atoms with Crippen LogP contribution in [0.2, 0.25) is 0 Å². The normalized spacial score (nSPS) is 16.0. The van der Waals surface area contributed by atoms with Gasteiger partial charge in [0.05, 0.1) is 6.10 Å². The molecule has 0 aliphatic rings. The van der Waals surface area contributed by atoms with Crippen molar-refractivity contribution in [2.45, 2.75) is 39.4 Å². The molecule has 0 aromatic rings. The minimum absolute atomic E-state index is 0.340. The molecule has 0 fully saturated rings. The molecule has 0 aliphatic carbocycles. The highest BCUT2D eigenvalue weighted by atomic mass is 16.6. The first-order valence-electron chi connectivity index (χ1n) is 3.43. The third-order valence-electron chi connectivity index (χ3n) is 1.26. The Labute approximate surface area is 61.0 Å². The zero-order valence-electron chi connectivity index (χ0n) is 6.63. The first-order valence-corrected chi connectivity index (χ1v) is 3.43. The maximum atomic E-state index is 10.4. The van der Waals surface area contributed by atoms with Gasteiger partial charge >= 0.3 is 5.97 Å². The van der Waals surface area contributed by atoms with Crippen LogP contribution in [0.15, 0.2) is 0 Å². The Morgan fingerprint density at radius 2 is 2.20 bits per heavy atom. The Morgan fingerprint density at radius 3 is 2.30 bits per heavy atom. The summed E-state index contributed by atoms with van der Waals surface area (Å²) < 4.78 is 4.77. The summed E-state index contributed by atoms with van der Waals surface area (Å²) in [6, 6.07) is 0. The van der Waals surface area contributed by atoms with Crippen molar-refractivity contribution >= 4 is 5.97 Å². The average Bonchev–Trinajstić information content (AvgIpc) is 1.81. The predicted octanol–water partition coefficient (Wildman–Crippen LogP) is 0.709. The number of carbonyl (C=O) groups excluding carboxylic acids is 1. The van der Waals surface area contributed by atoms with Gasteiger partial charge in [-0.2, -0.15) is 0 Å². The van der Waals surface area contributed by atoms with E-state index in [2.05, 4.69) is 0 Å². The first kappa shape index (κ1) is 9.43. The van der Waals surface area contributed by atoms with Gasteiger partial charge in [-0.15, -0.1) is 0 Å². The monoisotopic (exact) mass is 146 g/mol. The number of hydrogen-bond donors (Lipinski definition) is 1. The number of hydrogen-bond acceptors (Lipinski definition) is 3. The second-order valence-electron chi connectivity index (χ2n) is 2.30. The number of aliphatic hydroxyl groups is 1. The van der Waals surface area contributed by atoms with Crippen LogP contribution < -0.4 is 0 Å². The zero-order chi connectivity index (χ0) is 8.15. The number of aliphatic hydroxyl groups excluding tert-OH is 1. The molecule has 0 saturated heterocycles. The number of esters is 1. The van der Waals surface area contributed by atoms with Crippen molar-refractivity contribution in [1.29, 1.82) is 0 Å². The van der Waals surface area contributed by atoms with E-state index in [1.54, 1.807) is 6.92 Å². The summed E-state index contributed by atoms with van der Waals surface area (Å²) in [5.41, 5.74) is 0. The molecule has 0 saturated carbocycles. The largest absolute Gasteiger partial charge is 0.460 e. The van der Waals surface area contributed by atoms with Gasteiger partial charge in [-0.05, 0) is 13.3 Å². The highest BCUT2D eigenvalue weighted by molar-refractivity contribution is 5.66. The van der Waals surface area contributed by atoms with E-state index in [4.69, 9.17) is 9.84 Å². The molecule has 0 aliphatic heterocycles. The maximum Gasteiger partial charge on any atom is 0.302 e. The van der Waals surface area contributed by atoms with Crippen LogP contribution in [-0.4, -0.2) is 23.3 Å². The van der Waals surface area contributed by atoms with Crippen LogP contribution in [-0.2, 0) is 9.53 Å². The Hall–Kier alpha value is -0.570. The molecule has 0 amide bonds. The summed E-state index contributed by atoms with van der Waals surface area (Å²) >= 11 is 0. The van der Waals surface area contributed by atoms with Crippen LogP contribution in [0.4, 0.5) is 0 Å². The zero-order valence-corrected chi connectivity index (χ0v) is 6.63. The van der Waals surface area contributed by atoms with Gasteiger partial charge in [0.1, 0.15) is 6.10 Å². The molecule has 3 nitrogen and oxygen atoms in total. The minimum atomic E-state index is -0.575. The fraction of sp³-hybridized carbons (Fsp3) is 0.857. The van der Waals surface area contributed by atoms with Crippen LogP contribution in [0.1, 0.15) is 27.2 Å². The maximum absolute atomic E-state index is 10.4. The molecule has 1 N–H and O–H groups in total.